The van der Waals surface area contributed by atoms with Gasteiger partial charge < -0.3 is 5.32 Å². The number of hydrogen-bond donors (Lipinski definition) is 1. The fraction of sp³-hybridized carbons (Fsp3) is 0.250. The van der Waals surface area contributed by atoms with Crippen LogP contribution in [0.5, 0.6) is 0 Å². The van der Waals surface area contributed by atoms with Gasteiger partial charge in [-0.05, 0) is 35.1 Å². The van der Waals surface area contributed by atoms with Crippen LogP contribution in [0.3, 0.4) is 0 Å². The van der Waals surface area contributed by atoms with Crippen LogP contribution in [0.4, 0.5) is 11.4 Å². The average molecular weight is 372 g/mol. The molecule has 2 rings (SSSR count). The quantitative estimate of drug-likeness (QED) is 0.497. The zero-order chi connectivity index (χ0) is 13.8. The molecule has 0 amide bonds. The highest BCUT2D eigenvalue weighted by molar-refractivity contribution is 14.1. The molecule has 19 heavy (non-hydrogen) atoms. The van der Waals surface area contributed by atoms with Gasteiger partial charge in [-0.25, -0.2) is 4.68 Å². The second-order valence-corrected chi connectivity index (χ2v) is 5.27. The topological polar surface area (TPSA) is 73.0 Å². The molecular formula is C12H13IN4O2. The second kappa shape index (κ2) is 6.00. The number of benzene rings is 1. The summed E-state index contributed by atoms with van der Waals surface area (Å²) in [6.45, 7) is 2.82. The van der Waals surface area contributed by atoms with E-state index in [9.17, 15) is 10.1 Å². The second-order valence-electron chi connectivity index (χ2n) is 4.03. The van der Waals surface area contributed by atoms with E-state index in [2.05, 4.69) is 33.0 Å². The zero-order valence-electron chi connectivity index (χ0n) is 10.3. The Morgan fingerprint density at radius 1 is 1.47 bits per heavy atom. The number of halogens is 1. The van der Waals surface area contributed by atoms with Gasteiger partial charge in [0.15, 0.2) is 0 Å². The largest absolute Gasteiger partial charge is 0.385 e. The number of anilines is 1. The summed E-state index contributed by atoms with van der Waals surface area (Å²) in [5.74, 6) is 0. The molecule has 7 heteroatoms. The fourth-order valence-corrected chi connectivity index (χ4v) is 2.03. The summed E-state index contributed by atoms with van der Waals surface area (Å²) in [6.07, 6.45) is 4.49. The number of nitro benzene ring substituents is 1. The van der Waals surface area contributed by atoms with Crippen molar-refractivity contribution in [1.29, 1.82) is 0 Å². The minimum atomic E-state index is -0.394. The number of aromatic nitrogens is 2. The van der Waals surface area contributed by atoms with Crippen LogP contribution in [0.15, 0.2) is 30.6 Å². The van der Waals surface area contributed by atoms with E-state index in [0.717, 1.165) is 22.2 Å². The van der Waals surface area contributed by atoms with E-state index < -0.39 is 4.92 Å². The van der Waals surface area contributed by atoms with Gasteiger partial charge in [-0.3, -0.25) is 10.1 Å². The molecule has 1 aromatic heterocycles. The van der Waals surface area contributed by atoms with E-state index in [4.69, 9.17) is 0 Å². The molecule has 1 heterocycles. The Morgan fingerprint density at radius 3 is 2.84 bits per heavy atom. The van der Waals surface area contributed by atoms with E-state index in [-0.39, 0.29) is 5.69 Å². The maximum atomic E-state index is 11.0. The predicted molar refractivity (Wildman–Crippen MR) is 81.7 cm³/mol. The third kappa shape index (κ3) is 3.43. The van der Waals surface area contributed by atoms with Gasteiger partial charge in [0, 0.05) is 30.6 Å². The van der Waals surface area contributed by atoms with Crippen LogP contribution in [0, 0.1) is 13.7 Å². The molecule has 0 aliphatic carbocycles. The van der Waals surface area contributed by atoms with Gasteiger partial charge in [0.2, 0.25) is 0 Å². The predicted octanol–water partition coefficient (Wildman–Crippen LogP) is 3.21. The molecule has 0 unspecified atom stereocenters. The summed E-state index contributed by atoms with van der Waals surface area (Å²) >= 11 is 2.15. The third-order valence-electron chi connectivity index (χ3n) is 2.51. The van der Waals surface area contributed by atoms with Crippen LogP contribution in [0.1, 0.15) is 13.3 Å². The summed E-state index contributed by atoms with van der Waals surface area (Å²) < 4.78 is 2.61. The van der Waals surface area contributed by atoms with Crippen molar-refractivity contribution in [1.82, 2.24) is 9.78 Å². The van der Waals surface area contributed by atoms with Gasteiger partial charge in [-0.1, -0.05) is 6.92 Å². The van der Waals surface area contributed by atoms with Gasteiger partial charge in [0.05, 0.1) is 20.4 Å². The van der Waals surface area contributed by atoms with E-state index >= 15 is 0 Å². The average Bonchev–Trinajstić information content (AvgIpc) is 2.82. The van der Waals surface area contributed by atoms with Crippen molar-refractivity contribution in [2.45, 2.75) is 13.3 Å². The highest BCUT2D eigenvalue weighted by atomic mass is 127. The molecule has 2 aromatic rings. The van der Waals surface area contributed by atoms with Crippen LogP contribution < -0.4 is 5.32 Å². The van der Waals surface area contributed by atoms with E-state index in [0.29, 0.717) is 5.69 Å². The van der Waals surface area contributed by atoms with Crippen molar-refractivity contribution in [2.24, 2.45) is 0 Å². The minimum absolute atomic E-state index is 0.0570. The van der Waals surface area contributed by atoms with Crippen molar-refractivity contribution < 1.29 is 4.92 Å². The van der Waals surface area contributed by atoms with Crippen LogP contribution in [-0.2, 0) is 0 Å². The smallest absolute Gasteiger partial charge is 0.273 e. The van der Waals surface area contributed by atoms with Crippen LogP contribution in [0.2, 0.25) is 0 Å². The Morgan fingerprint density at radius 2 is 2.26 bits per heavy atom. The molecule has 0 saturated heterocycles. The lowest BCUT2D eigenvalue weighted by Gasteiger charge is -2.08. The van der Waals surface area contributed by atoms with Crippen molar-refractivity contribution in [2.75, 3.05) is 11.9 Å². The number of nitrogens with zero attached hydrogens (tertiary/aromatic N) is 3. The molecule has 1 aromatic carbocycles. The van der Waals surface area contributed by atoms with Crippen molar-refractivity contribution in [3.05, 3.63) is 44.3 Å². The van der Waals surface area contributed by atoms with E-state index in [1.807, 2.05) is 19.2 Å². The molecule has 0 spiro atoms. The Balaban J connectivity index is 2.41. The molecule has 0 saturated carbocycles. The molecule has 100 valence electrons. The molecule has 0 radical (unpaired) electrons. The Labute approximate surface area is 124 Å². The molecule has 6 nitrogen and oxygen atoms in total. The zero-order valence-corrected chi connectivity index (χ0v) is 12.5. The van der Waals surface area contributed by atoms with E-state index in [1.165, 1.54) is 12.1 Å². The summed E-state index contributed by atoms with van der Waals surface area (Å²) in [5, 5.41) is 18.3. The lowest BCUT2D eigenvalue weighted by molar-refractivity contribution is -0.384. The molecule has 0 aliphatic rings. The maximum Gasteiger partial charge on any atom is 0.273 e. The summed E-state index contributed by atoms with van der Waals surface area (Å²) in [4.78, 5) is 10.6. The van der Waals surface area contributed by atoms with E-state index in [1.54, 1.807) is 10.9 Å². The van der Waals surface area contributed by atoms with Crippen LogP contribution in [0.25, 0.3) is 5.69 Å². The highest BCUT2D eigenvalue weighted by Crippen LogP contribution is 2.23. The first-order chi connectivity index (χ1) is 9.10. The fourth-order valence-electron chi connectivity index (χ4n) is 1.65. The minimum Gasteiger partial charge on any atom is -0.385 e. The van der Waals surface area contributed by atoms with Gasteiger partial charge in [-0.2, -0.15) is 5.10 Å². The molecule has 0 aliphatic heterocycles. The third-order valence-corrected chi connectivity index (χ3v) is 3.07. The van der Waals surface area contributed by atoms with Crippen LogP contribution >= 0.6 is 22.6 Å². The standard InChI is InChI=1S/C12H13IN4O2/c1-2-3-14-10-4-11(6-12(5-10)17(18)19)16-8-9(13)7-15-16/h4-8,14H,2-3H2,1H3. The number of hydrogen-bond acceptors (Lipinski definition) is 4. The molecule has 1 N–H and O–H groups in total. The lowest BCUT2D eigenvalue weighted by atomic mass is 10.2. The lowest BCUT2D eigenvalue weighted by Crippen LogP contribution is -2.03. The maximum absolute atomic E-state index is 11.0. The summed E-state index contributed by atoms with van der Waals surface area (Å²) in [7, 11) is 0. The molecule has 0 fully saturated rings. The summed E-state index contributed by atoms with van der Waals surface area (Å²) in [5.41, 5.74) is 1.47. The Kier molecular flexibility index (Phi) is 4.35. The van der Waals surface area contributed by atoms with Crippen molar-refractivity contribution in [3.8, 4) is 5.69 Å². The van der Waals surface area contributed by atoms with Gasteiger partial charge in [0.25, 0.3) is 5.69 Å². The van der Waals surface area contributed by atoms with Crippen molar-refractivity contribution in [3.63, 3.8) is 0 Å². The number of nitrogens with one attached hydrogen (secondary N) is 1. The number of rotatable bonds is 5. The highest BCUT2D eigenvalue weighted by Gasteiger charge is 2.11. The first-order valence-electron chi connectivity index (χ1n) is 5.84. The molecule has 0 bridgehead atoms. The Hall–Kier alpha value is -1.64. The SMILES string of the molecule is CCCNc1cc(-n2cc(I)cn2)cc([N+](=O)[O-])c1. The normalized spacial score (nSPS) is 10.4. The molecular weight excluding hydrogens is 359 g/mol. The number of non-ortho nitro benzene ring substituents is 1. The monoisotopic (exact) mass is 372 g/mol. The first kappa shape index (κ1) is 13.8. The van der Waals surface area contributed by atoms with Crippen LogP contribution in [-0.4, -0.2) is 21.2 Å². The Bertz CT molecular complexity index is 597. The number of nitro groups is 1. The van der Waals surface area contributed by atoms with Gasteiger partial charge >= 0.3 is 0 Å². The van der Waals surface area contributed by atoms with Crippen molar-refractivity contribution >= 4 is 34.0 Å². The van der Waals surface area contributed by atoms with Gasteiger partial charge in [-0.15, -0.1) is 0 Å². The van der Waals surface area contributed by atoms with Gasteiger partial charge in [0.1, 0.15) is 0 Å². The molecule has 0 atom stereocenters. The summed E-state index contributed by atoms with van der Waals surface area (Å²) in [6, 6.07) is 4.90. The first-order valence-corrected chi connectivity index (χ1v) is 6.92.